The third-order valence-corrected chi connectivity index (χ3v) is 5.20. The molecule has 2 atom stereocenters. The fraction of sp³-hybridized carbons (Fsp3) is 0.833. The Morgan fingerprint density at radius 2 is 1.83 bits per heavy atom. The summed E-state index contributed by atoms with van der Waals surface area (Å²) in [5.74, 6) is -0.901. The number of rotatable bonds is 7. The number of nitrogens with zero attached hydrogens (tertiary/aromatic N) is 1. The van der Waals surface area contributed by atoms with Crippen LogP contribution in [-0.4, -0.2) is 46.4 Å². The molecule has 1 aliphatic carbocycles. The number of amides is 2. The molecule has 6 nitrogen and oxygen atoms in total. The van der Waals surface area contributed by atoms with Gasteiger partial charge >= 0.3 is 5.97 Å². The Balaban J connectivity index is 1.96. The van der Waals surface area contributed by atoms with Crippen LogP contribution in [0.2, 0.25) is 0 Å². The maximum Gasteiger partial charge on any atom is 0.305 e. The summed E-state index contributed by atoms with van der Waals surface area (Å²) in [5, 5.41) is 11.8. The van der Waals surface area contributed by atoms with E-state index in [2.05, 4.69) is 5.32 Å². The van der Waals surface area contributed by atoms with Gasteiger partial charge < -0.3 is 15.3 Å². The highest BCUT2D eigenvalue weighted by molar-refractivity contribution is 5.89. The number of hydrogen-bond donors (Lipinski definition) is 2. The van der Waals surface area contributed by atoms with E-state index in [4.69, 9.17) is 5.11 Å². The Bertz CT molecular complexity index is 460. The lowest BCUT2D eigenvalue weighted by atomic mass is 9.88. The SMILES string of the molecule is CCC[C@@H](CC(=O)O)NC(=O)[C@H]1CCCN1C(=O)C1CCCCC1. The first-order valence-corrected chi connectivity index (χ1v) is 9.35. The number of carbonyl (C=O) groups is 3. The van der Waals surface area contributed by atoms with Crippen LogP contribution < -0.4 is 5.32 Å². The molecule has 1 heterocycles. The molecule has 2 fully saturated rings. The summed E-state index contributed by atoms with van der Waals surface area (Å²) in [7, 11) is 0. The fourth-order valence-corrected chi connectivity index (χ4v) is 3.97. The molecule has 0 bridgehead atoms. The zero-order valence-corrected chi connectivity index (χ0v) is 14.6. The Morgan fingerprint density at radius 3 is 2.46 bits per heavy atom. The molecule has 0 aromatic carbocycles. The van der Waals surface area contributed by atoms with Crippen LogP contribution in [0.5, 0.6) is 0 Å². The van der Waals surface area contributed by atoms with Crippen molar-refractivity contribution in [1.82, 2.24) is 10.2 Å². The molecule has 2 N–H and O–H groups in total. The zero-order valence-electron chi connectivity index (χ0n) is 14.6. The molecule has 1 aliphatic heterocycles. The predicted octanol–water partition coefficient (Wildman–Crippen LogP) is 2.32. The molecule has 0 aromatic rings. The van der Waals surface area contributed by atoms with Crippen LogP contribution in [0, 0.1) is 5.92 Å². The van der Waals surface area contributed by atoms with Crippen molar-refractivity contribution in [2.75, 3.05) is 6.54 Å². The summed E-state index contributed by atoms with van der Waals surface area (Å²) in [6.45, 7) is 2.61. The van der Waals surface area contributed by atoms with Gasteiger partial charge in [-0.2, -0.15) is 0 Å². The highest BCUT2D eigenvalue weighted by atomic mass is 16.4. The Morgan fingerprint density at radius 1 is 1.12 bits per heavy atom. The van der Waals surface area contributed by atoms with Crippen molar-refractivity contribution >= 4 is 17.8 Å². The second-order valence-corrected chi connectivity index (χ2v) is 7.12. The monoisotopic (exact) mass is 338 g/mol. The molecule has 2 amide bonds. The topological polar surface area (TPSA) is 86.7 Å². The van der Waals surface area contributed by atoms with E-state index in [1.165, 1.54) is 6.42 Å². The minimum atomic E-state index is -0.907. The van der Waals surface area contributed by atoms with E-state index in [1.54, 1.807) is 4.90 Å². The summed E-state index contributed by atoms with van der Waals surface area (Å²) >= 11 is 0. The van der Waals surface area contributed by atoms with Gasteiger partial charge in [-0.1, -0.05) is 32.6 Å². The van der Waals surface area contributed by atoms with Gasteiger partial charge in [0, 0.05) is 18.5 Å². The van der Waals surface area contributed by atoms with Crippen LogP contribution in [0.1, 0.15) is 71.1 Å². The summed E-state index contributed by atoms with van der Waals surface area (Å²) < 4.78 is 0. The van der Waals surface area contributed by atoms with E-state index >= 15 is 0 Å². The molecular weight excluding hydrogens is 308 g/mol. The maximum atomic E-state index is 12.8. The van der Waals surface area contributed by atoms with Crippen molar-refractivity contribution in [3.63, 3.8) is 0 Å². The molecule has 0 spiro atoms. The minimum absolute atomic E-state index is 0.0666. The van der Waals surface area contributed by atoms with Crippen LogP contribution in [0.25, 0.3) is 0 Å². The van der Waals surface area contributed by atoms with Crippen molar-refractivity contribution in [1.29, 1.82) is 0 Å². The first kappa shape index (κ1) is 18.7. The maximum absolute atomic E-state index is 12.8. The smallest absolute Gasteiger partial charge is 0.305 e. The van der Waals surface area contributed by atoms with Crippen molar-refractivity contribution < 1.29 is 19.5 Å². The summed E-state index contributed by atoms with van der Waals surface area (Å²) in [4.78, 5) is 38.1. The van der Waals surface area contributed by atoms with E-state index in [0.717, 1.165) is 38.5 Å². The van der Waals surface area contributed by atoms with Gasteiger partial charge in [-0.25, -0.2) is 0 Å². The van der Waals surface area contributed by atoms with Gasteiger partial charge in [0.1, 0.15) is 6.04 Å². The number of carbonyl (C=O) groups excluding carboxylic acids is 2. The van der Waals surface area contributed by atoms with Crippen molar-refractivity contribution in [2.24, 2.45) is 5.92 Å². The largest absolute Gasteiger partial charge is 0.481 e. The fourth-order valence-electron chi connectivity index (χ4n) is 3.97. The molecule has 0 radical (unpaired) electrons. The van der Waals surface area contributed by atoms with Gasteiger partial charge in [0.05, 0.1) is 6.42 Å². The van der Waals surface area contributed by atoms with Crippen LogP contribution in [0.4, 0.5) is 0 Å². The Kier molecular flexibility index (Phi) is 7.06. The lowest BCUT2D eigenvalue weighted by Gasteiger charge is -2.30. The average Bonchev–Trinajstić information content (AvgIpc) is 3.04. The molecule has 2 aliphatic rings. The Hall–Kier alpha value is -1.59. The number of hydrogen-bond acceptors (Lipinski definition) is 3. The van der Waals surface area contributed by atoms with Crippen LogP contribution in [0.3, 0.4) is 0 Å². The predicted molar refractivity (Wildman–Crippen MR) is 90.4 cm³/mol. The molecule has 0 unspecified atom stereocenters. The van der Waals surface area contributed by atoms with E-state index in [1.807, 2.05) is 6.92 Å². The van der Waals surface area contributed by atoms with Gasteiger partial charge in [-0.3, -0.25) is 14.4 Å². The van der Waals surface area contributed by atoms with Gasteiger partial charge in [0.25, 0.3) is 0 Å². The van der Waals surface area contributed by atoms with E-state index in [0.29, 0.717) is 19.4 Å². The zero-order chi connectivity index (χ0) is 17.5. The molecule has 2 rings (SSSR count). The van der Waals surface area contributed by atoms with Crippen LogP contribution >= 0.6 is 0 Å². The summed E-state index contributed by atoms with van der Waals surface area (Å²) in [6, 6.07) is -0.778. The first-order valence-electron chi connectivity index (χ1n) is 9.35. The summed E-state index contributed by atoms with van der Waals surface area (Å²) in [6.07, 6.45) is 8.16. The minimum Gasteiger partial charge on any atom is -0.481 e. The lowest BCUT2D eigenvalue weighted by Crippen LogP contribution is -2.50. The number of likely N-dealkylation sites (tertiary alicyclic amines) is 1. The number of aliphatic carboxylic acids is 1. The third-order valence-electron chi connectivity index (χ3n) is 5.20. The molecule has 6 heteroatoms. The highest BCUT2D eigenvalue weighted by Gasteiger charge is 2.37. The Labute approximate surface area is 144 Å². The lowest BCUT2D eigenvalue weighted by molar-refractivity contribution is -0.143. The molecular formula is C18H30N2O4. The number of nitrogens with one attached hydrogen (secondary N) is 1. The second kappa shape index (κ2) is 9.04. The first-order chi connectivity index (χ1) is 11.5. The molecule has 0 aromatic heterocycles. The molecule has 1 saturated heterocycles. The van der Waals surface area contributed by atoms with Crippen LogP contribution in [0.15, 0.2) is 0 Å². The van der Waals surface area contributed by atoms with Crippen LogP contribution in [-0.2, 0) is 14.4 Å². The normalized spacial score (nSPS) is 23.0. The quantitative estimate of drug-likeness (QED) is 0.746. The van der Waals surface area contributed by atoms with Gasteiger partial charge in [-0.05, 0) is 32.1 Å². The van der Waals surface area contributed by atoms with Gasteiger partial charge in [0.2, 0.25) is 11.8 Å². The van der Waals surface area contributed by atoms with E-state index in [9.17, 15) is 14.4 Å². The molecule has 136 valence electrons. The van der Waals surface area contributed by atoms with Crippen molar-refractivity contribution in [2.45, 2.75) is 83.2 Å². The number of carboxylic acids is 1. The molecule has 24 heavy (non-hydrogen) atoms. The van der Waals surface area contributed by atoms with E-state index < -0.39 is 12.0 Å². The second-order valence-electron chi connectivity index (χ2n) is 7.12. The van der Waals surface area contributed by atoms with Gasteiger partial charge in [0.15, 0.2) is 0 Å². The average molecular weight is 338 g/mol. The highest BCUT2D eigenvalue weighted by Crippen LogP contribution is 2.29. The van der Waals surface area contributed by atoms with Crippen molar-refractivity contribution in [3.8, 4) is 0 Å². The van der Waals surface area contributed by atoms with E-state index in [-0.39, 0.29) is 30.2 Å². The summed E-state index contributed by atoms with van der Waals surface area (Å²) in [5.41, 5.74) is 0. The third kappa shape index (κ3) is 4.95. The van der Waals surface area contributed by atoms with Gasteiger partial charge in [-0.15, -0.1) is 0 Å². The molecule has 1 saturated carbocycles. The van der Waals surface area contributed by atoms with Crippen molar-refractivity contribution in [3.05, 3.63) is 0 Å². The number of carboxylic acid groups (broad SMARTS) is 1. The standard InChI is InChI=1S/C18H30N2O4/c1-2-7-14(12-16(21)22)19-17(23)15-10-6-11-20(15)18(24)13-8-4-3-5-9-13/h13-15H,2-12H2,1H3,(H,19,23)(H,21,22)/t14-,15+/m0/s1.